The number of aromatic amines is 1. The molecule has 0 atom stereocenters. The number of halogens is 1. The number of benzene rings is 2. The number of carbonyl (C=O) groups excluding carboxylic acids is 1. The maximum Gasteiger partial charge on any atom is 0.234 e. The zero-order chi connectivity index (χ0) is 17.3. The number of methoxy groups -OCH3 is 1. The number of ether oxygens (including phenoxy) is 1. The summed E-state index contributed by atoms with van der Waals surface area (Å²) in [6.45, 7) is 3.67. The fourth-order valence-electron chi connectivity index (χ4n) is 2.72. The molecule has 0 aliphatic carbocycles. The Kier molecular flexibility index (Phi) is 4.01. The van der Waals surface area contributed by atoms with E-state index in [9.17, 15) is 9.18 Å². The molecule has 0 aliphatic rings. The lowest BCUT2D eigenvalue weighted by molar-refractivity contribution is -0.120. The number of hydrogen-bond acceptors (Lipinski definition) is 2. The molecule has 0 saturated heterocycles. The molecule has 124 valence electrons. The van der Waals surface area contributed by atoms with Crippen LogP contribution in [0.4, 0.5) is 10.1 Å². The molecule has 5 heteroatoms. The smallest absolute Gasteiger partial charge is 0.234 e. The van der Waals surface area contributed by atoms with Crippen LogP contribution in [-0.4, -0.2) is 18.0 Å². The van der Waals surface area contributed by atoms with Crippen LogP contribution in [0.5, 0.6) is 5.75 Å². The molecule has 1 heterocycles. The summed E-state index contributed by atoms with van der Waals surface area (Å²) in [5.41, 5.74) is 1.41. The van der Waals surface area contributed by atoms with E-state index in [1.54, 1.807) is 19.2 Å². The molecule has 0 fully saturated rings. The number of hydrogen-bond donors (Lipinski definition) is 2. The topological polar surface area (TPSA) is 54.1 Å². The van der Waals surface area contributed by atoms with Gasteiger partial charge in [0.15, 0.2) is 0 Å². The molecule has 2 aromatic carbocycles. The molecule has 0 saturated carbocycles. The van der Waals surface area contributed by atoms with Crippen molar-refractivity contribution in [3.63, 3.8) is 0 Å². The average molecular weight is 326 g/mol. The highest BCUT2D eigenvalue weighted by molar-refractivity contribution is 6.02. The molecule has 3 aromatic rings. The second kappa shape index (κ2) is 6.00. The molecule has 0 radical (unpaired) electrons. The Bertz CT molecular complexity index is 899. The Morgan fingerprint density at radius 3 is 2.71 bits per heavy atom. The van der Waals surface area contributed by atoms with Crippen LogP contribution in [0.1, 0.15) is 19.4 Å². The summed E-state index contributed by atoms with van der Waals surface area (Å²) in [4.78, 5) is 15.9. The SMILES string of the molecule is COc1ccc2[nH]cc(C(C)(C)C(=O)Nc3cccc(F)c3)c2c1. The van der Waals surface area contributed by atoms with Crippen LogP contribution in [0.2, 0.25) is 0 Å². The first-order chi connectivity index (χ1) is 11.4. The predicted octanol–water partition coefficient (Wildman–Crippen LogP) is 4.23. The number of rotatable bonds is 4. The molecule has 0 aliphatic heterocycles. The standard InChI is InChI=1S/C19H19FN2O2/c1-19(2,18(23)22-13-6-4-5-12(20)9-13)16-11-21-17-8-7-14(24-3)10-15(16)17/h4-11,21H,1-3H3,(H,22,23). The monoisotopic (exact) mass is 326 g/mol. The van der Waals surface area contributed by atoms with E-state index < -0.39 is 5.41 Å². The highest BCUT2D eigenvalue weighted by atomic mass is 19.1. The number of anilines is 1. The van der Waals surface area contributed by atoms with Gasteiger partial charge in [-0.15, -0.1) is 0 Å². The maximum atomic E-state index is 13.3. The highest BCUT2D eigenvalue weighted by Crippen LogP contribution is 2.33. The number of fused-ring (bicyclic) bond motifs is 1. The van der Waals surface area contributed by atoms with Crippen LogP contribution < -0.4 is 10.1 Å². The summed E-state index contributed by atoms with van der Waals surface area (Å²) in [7, 11) is 1.61. The minimum Gasteiger partial charge on any atom is -0.497 e. The quantitative estimate of drug-likeness (QED) is 0.754. The summed E-state index contributed by atoms with van der Waals surface area (Å²) in [5, 5.41) is 3.71. The van der Waals surface area contributed by atoms with Crippen molar-refractivity contribution in [3.8, 4) is 5.75 Å². The minimum absolute atomic E-state index is 0.211. The van der Waals surface area contributed by atoms with Crippen LogP contribution in [0.3, 0.4) is 0 Å². The predicted molar refractivity (Wildman–Crippen MR) is 92.9 cm³/mol. The first kappa shape index (κ1) is 16.1. The summed E-state index contributed by atoms with van der Waals surface area (Å²) in [5.74, 6) is 0.129. The van der Waals surface area contributed by atoms with E-state index in [1.165, 1.54) is 12.1 Å². The van der Waals surface area contributed by atoms with Crippen molar-refractivity contribution in [3.05, 3.63) is 60.0 Å². The number of carbonyl (C=O) groups is 1. The van der Waals surface area contributed by atoms with Gasteiger partial charge >= 0.3 is 0 Å². The molecule has 4 nitrogen and oxygen atoms in total. The van der Waals surface area contributed by atoms with E-state index in [-0.39, 0.29) is 11.7 Å². The van der Waals surface area contributed by atoms with Crippen LogP contribution in [-0.2, 0) is 10.2 Å². The van der Waals surface area contributed by atoms with Gasteiger partial charge < -0.3 is 15.0 Å². The number of amides is 1. The minimum atomic E-state index is -0.809. The Morgan fingerprint density at radius 2 is 2.00 bits per heavy atom. The van der Waals surface area contributed by atoms with E-state index in [4.69, 9.17) is 4.74 Å². The van der Waals surface area contributed by atoms with Crippen LogP contribution >= 0.6 is 0 Å². The van der Waals surface area contributed by atoms with E-state index in [1.807, 2.05) is 38.2 Å². The summed E-state index contributed by atoms with van der Waals surface area (Å²) in [6.07, 6.45) is 1.83. The van der Waals surface area contributed by atoms with E-state index in [2.05, 4.69) is 10.3 Å². The molecule has 0 bridgehead atoms. The zero-order valence-corrected chi connectivity index (χ0v) is 13.8. The first-order valence-electron chi connectivity index (χ1n) is 7.64. The van der Waals surface area contributed by atoms with Crippen molar-refractivity contribution in [1.82, 2.24) is 4.98 Å². The van der Waals surface area contributed by atoms with Gasteiger partial charge in [0.1, 0.15) is 11.6 Å². The molecule has 24 heavy (non-hydrogen) atoms. The number of H-pyrrole nitrogens is 1. The lowest BCUT2D eigenvalue weighted by atomic mass is 9.83. The van der Waals surface area contributed by atoms with Gasteiger partial charge in [0, 0.05) is 22.8 Å². The third-order valence-corrected chi connectivity index (χ3v) is 4.21. The Morgan fingerprint density at radius 1 is 1.21 bits per heavy atom. The maximum absolute atomic E-state index is 13.3. The van der Waals surface area contributed by atoms with Gasteiger partial charge in [-0.25, -0.2) is 4.39 Å². The summed E-state index contributed by atoms with van der Waals surface area (Å²) in [6, 6.07) is 11.5. The Balaban J connectivity index is 1.96. The van der Waals surface area contributed by atoms with E-state index in [0.29, 0.717) is 5.69 Å². The van der Waals surface area contributed by atoms with Crippen LogP contribution in [0, 0.1) is 5.82 Å². The van der Waals surface area contributed by atoms with Crippen LogP contribution in [0.15, 0.2) is 48.7 Å². The fourth-order valence-corrected chi connectivity index (χ4v) is 2.72. The van der Waals surface area contributed by atoms with Crippen molar-refractivity contribution < 1.29 is 13.9 Å². The molecule has 1 aromatic heterocycles. The second-order valence-electron chi connectivity index (χ2n) is 6.20. The zero-order valence-electron chi connectivity index (χ0n) is 13.8. The number of nitrogens with one attached hydrogen (secondary N) is 2. The van der Waals surface area contributed by atoms with E-state index in [0.717, 1.165) is 22.2 Å². The third kappa shape index (κ3) is 2.85. The summed E-state index contributed by atoms with van der Waals surface area (Å²) < 4.78 is 18.6. The number of aromatic nitrogens is 1. The lowest BCUT2D eigenvalue weighted by Gasteiger charge is -2.23. The highest BCUT2D eigenvalue weighted by Gasteiger charge is 2.32. The molecule has 1 amide bonds. The van der Waals surface area contributed by atoms with Gasteiger partial charge in [-0.05, 0) is 55.8 Å². The van der Waals surface area contributed by atoms with Crippen molar-refractivity contribution in [1.29, 1.82) is 0 Å². The van der Waals surface area contributed by atoms with Crippen molar-refractivity contribution >= 4 is 22.5 Å². The molecule has 0 unspecified atom stereocenters. The van der Waals surface area contributed by atoms with Crippen molar-refractivity contribution in [2.75, 3.05) is 12.4 Å². The Labute approximate surface area is 139 Å². The molecular formula is C19H19FN2O2. The molecular weight excluding hydrogens is 307 g/mol. The second-order valence-corrected chi connectivity index (χ2v) is 6.20. The molecule has 3 rings (SSSR count). The lowest BCUT2D eigenvalue weighted by Crippen LogP contribution is -2.34. The summed E-state index contributed by atoms with van der Waals surface area (Å²) >= 11 is 0. The molecule has 2 N–H and O–H groups in total. The van der Waals surface area contributed by atoms with Gasteiger partial charge in [-0.3, -0.25) is 4.79 Å². The average Bonchev–Trinajstić information content (AvgIpc) is 2.98. The fraction of sp³-hybridized carbons (Fsp3) is 0.211. The van der Waals surface area contributed by atoms with Gasteiger partial charge in [0.2, 0.25) is 5.91 Å². The Hall–Kier alpha value is -2.82. The third-order valence-electron chi connectivity index (χ3n) is 4.21. The van der Waals surface area contributed by atoms with Gasteiger partial charge in [-0.1, -0.05) is 6.07 Å². The normalized spacial score (nSPS) is 11.5. The van der Waals surface area contributed by atoms with Gasteiger partial charge in [0.05, 0.1) is 12.5 Å². The molecule has 0 spiro atoms. The largest absolute Gasteiger partial charge is 0.497 e. The van der Waals surface area contributed by atoms with Gasteiger partial charge in [-0.2, -0.15) is 0 Å². The van der Waals surface area contributed by atoms with Crippen molar-refractivity contribution in [2.45, 2.75) is 19.3 Å². The van der Waals surface area contributed by atoms with Crippen LogP contribution in [0.25, 0.3) is 10.9 Å². The van der Waals surface area contributed by atoms with E-state index >= 15 is 0 Å². The first-order valence-corrected chi connectivity index (χ1v) is 7.64. The van der Waals surface area contributed by atoms with Crippen molar-refractivity contribution in [2.24, 2.45) is 0 Å². The van der Waals surface area contributed by atoms with Gasteiger partial charge in [0.25, 0.3) is 0 Å².